The van der Waals surface area contributed by atoms with Gasteiger partial charge in [-0.15, -0.1) is 0 Å². The fourth-order valence-electron chi connectivity index (χ4n) is 1.53. The molecule has 86 valence electrons. The summed E-state index contributed by atoms with van der Waals surface area (Å²) < 4.78 is 0. The van der Waals surface area contributed by atoms with Crippen molar-refractivity contribution in [3.63, 3.8) is 0 Å². The quantitative estimate of drug-likeness (QED) is 0.535. The first-order chi connectivity index (χ1) is 7.58. The van der Waals surface area contributed by atoms with Gasteiger partial charge in [-0.3, -0.25) is 0 Å². The van der Waals surface area contributed by atoms with Gasteiger partial charge in [-0.2, -0.15) is 0 Å². The van der Waals surface area contributed by atoms with Gasteiger partial charge in [0.05, 0.1) is 19.2 Å². The van der Waals surface area contributed by atoms with E-state index in [9.17, 15) is 5.11 Å². The second-order valence-corrected chi connectivity index (χ2v) is 3.99. The van der Waals surface area contributed by atoms with E-state index in [1.54, 1.807) is 12.1 Å². The van der Waals surface area contributed by atoms with Gasteiger partial charge in [-0.1, -0.05) is 19.9 Å². The third-order valence-corrected chi connectivity index (χ3v) is 2.29. The lowest BCUT2D eigenvalue weighted by Gasteiger charge is -2.20. The minimum absolute atomic E-state index is 0.000458. The molecular weight excluding hydrogens is 202 g/mol. The summed E-state index contributed by atoms with van der Waals surface area (Å²) in [5, 5.41) is 12.5. The number of aliphatic hydroxyl groups excluding tert-OH is 1. The highest BCUT2D eigenvalue weighted by atomic mass is 16.3. The number of aliphatic hydroxyl groups is 1. The summed E-state index contributed by atoms with van der Waals surface area (Å²) in [6, 6.07) is 5.37. The molecule has 1 rings (SSSR count). The molecule has 0 radical (unpaired) electrons. The molecule has 0 aromatic heterocycles. The topological polar surface area (TPSA) is 62.6 Å². The molecule has 1 aromatic rings. The lowest BCUT2D eigenvalue weighted by molar-refractivity contribution is 0.237. The van der Waals surface area contributed by atoms with Crippen molar-refractivity contribution >= 4 is 11.4 Å². The van der Waals surface area contributed by atoms with E-state index < -0.39 is 0 Å². The van der Waals surface area contributed by atoms with Crippen LogP contribution < -0.4 is 11.1 Å². The monoisotopic (exact) mass is 219 g/mol. The molecule has 4 heteroatoms. The van der Waals surface area contributed by atoms with Crippen molar-refractivity contribution in [2.24, 2.45) is 0 Å². The first kappa shape index (κ1) is 12.5. The van der Waals surface area contributed by atoms with Crippen LogP contribution in [0.15, 0.2) is 18.2 Å². The number of anilines is 1. The lowest BCUT2D eigenvalue weighted by Crippen LogP contribution is -2.30. The molecule has 1 atom stereocenters. The smallest absolute Gasteiger partial charge is 0.209 e. The minimum atomic E-state index is -0.152. The molecule has 4 nitrogen and oxygen atoms in total. The number of hydrogen-bond acceptors (Lipinski definition) is 3. The van der Waals surface area contributed by atoms with Gasteiger partial charge in [0.25, 0.3) is 0 Å². The summed E-state index contributed by atoms with van der Waals surface area (Å²) >= 11 is 0. The minimum Gasteiger partial charge on any atom is -0.407 e. The Morgan fingerprint density at radius 2 is 2.19 bits per heavy atom. The Balaban J connectivity index is 2.98. The second-order valence-electron chi connectivity index (χ2n) is 3.99. The van der Waals surface area contributed by atoms with Gasteiger partial charge in [0.1, 0.15) is 0 Å². The van der Waals surface area contributed by atoms with E-state index in [0.29, 0.717) is 11.4 Å². The zero-order chi connectivity index (χ0) is 12.1. The van der Waals surface area contributed by atoms with Gasteiger partial charge in [0.15, 0.2) is 0 Å². The Hall–Kier alpha value is -1.57. The Labute approximate surface area is 95.9 Å². The number of nitrogens with two attached hydrogens (primary N) is 1. The van der Waals surface area contributed by atoms with Gasteiger partial charge in [0, 0.05) is 11.7 Å². The molecular formula is C12H17N3O. The van der Waals surface area contributed by atoms with Crippen molar-refractivity contribution in [1.82, 2.24) is 5.32 Å². The highest BCUT2D eigenvalue weighted by Crippen LogP contribution is 2.26. The maximum Gasteiger partial charge on any atom is 0.209 e. The van der Waals surface area contributed by atoms with Gasteiger partial charge in [-0.25, -0.2) is 4.85 Å². The largest absolute Gasteiger partial charge is 0.407 e. The van der Waals surface area contributed by atoms with Crippen LogP contribution in [-0.4, -0.2) is 17.8 Å². The maximum atomic E-state index is 9.29. The van der Waals surface area contributed by atoms with Crippen LogP contribution in [0, 0.1) is 6.57 Å². The second kappa shape index (κ2) is 5.50. The molecule has 0 saturated carbocycles. The van der Waals surface area contributed by atoms with Crippen LogP contribution in [0.4, 0.5) is 11.4 Å². The standard InChI is InChI=1S/C12H17N3O/c1-8(2)15-12(7-16)9-4-5-10(13)11(6-9)14-3/h4-6,8,12,15-16H,7,13H2,1-2H3. The molecule has 1 unspecified atom stereocenters. The normalized spacial score (nSPS) is 12.4. The summed E-state index contributed by atoms with van der Waals surface area (Å²) in [4.78, 5) is 3.34. The number of hydrogen-bond donors (Lipinski definition) is 3. The molecule has 0 aliphatic carbocycles. The summed E-state index contributed by atoms with van der Waals surface area (Å²) in [6.07, 6.45) is 0. The van der Waals surface area contributed by atoms with Crippen LogP contribution in [0.5, 0.6) is 0 Å². The molecule has 0 aliphatic heterocycles. The molecule has 0 heterocycles. The molecule has 0 aliphatic rings. The number of rotatable bonds is 4. The zero-order valence-electron chi connectivity index (χ0n) is 9.57. The van der Waals surface area contributed by atoms with Gasteiger partial charge in [0.2, 0.25) is 5.69 Å². The number of nitrogens with one attached hydrogen (secondary N) is 1. The van der Waals surface area contributed by atoms with Crippen molar-refractivity contribution in [2.45, 2.75) is 25.9 Å². The Bertz CT molecular complexity index is 396. The molecule has 0 amide bonds. The molecule has 0 bridgehead atoms. The van der Waals surface area contributed by atoms with E-state index in [0.717, 1.165) is 5.56 Å². The summed E-state index contributed by atoms with van der Waals surface area (Å²) in [6.45, 7) is 11.0. The first-order valence-electron chi connectivity index (χ1n) is 5.22. The first-order valence-corrected chi connectivity index (χ1v) is 5.22. The van der Waals surface area contributed by atoms with Crippen LogP contribution in [0.1, 0.15) is 25.5 Å². The van der Waals surface area contributed by atoms with Gasteiger partial charge < -0.3 is 16.2 Å². The molecule has 1 aromatic carbocycles. The van der Waals surface area contributed by atoms with Gasteiger partial charge in [-0.05, 0) is 17.7 Å². The van der Waals surface area contributed by atoms with Crippen molar-refractivity contribution in [3.8, 4) is 0 Å². The molecule has 0 saturated heterocycles. The maximum absolute atomic E-state index is 9.29. The van der Waals surface area contributed by atoms with Crippen LogP contribution >= 0.6 is 0 Å². The average Bonchev–Trinajstić information content (AvgIpc) is 2.26. The molecule has 0 fully saturated rings. The Morgan fingerprint density at radius 1 is 1.50 bits per heavy atom. The van der Waals surface area contributed by atoms with Crippen LogP contribution in [0.3, 0.4) is 0 Å². The third-order valence-electron chi connectivity index (χ3n) is 2.29. The van der Waals surface area contributed by atoms with E-state index in [4.69, 9.17) is 12.3 Å². The van der Waals surface area contributed by atoms with E-state index in [2.05, 4.69) is 10.2 Å². The van der Waals surface area contributed by atoms with Crippen molar-refractivity contribution in [3.05, 3.63) is 35.2 Å². The lowest BCUT2D eigenvalue weighted by atomic mass is 10.1. The molecule has 16 heavy (non-hydrogen) atoms. The Kier molecular flexibility index (Phi) is 4.29. The third kappa shape index (κ3) is 2.96. The molecule has 4 N–H and O–H groups in total. The summed E-state index contributed by atoms with van der Waals surface area (Å²) in [5.41, 5.74) is 7.44. The predicted octanol–water partition coefficient (Wildman–Crippen LogP) is 1.85. The average molecular weight is 219 g/mol. The van der Waals surface area contributed by atoms with Gasteiger partial charge >= 0.3 is 0 Å². The highest BCUT2D eigenvalue weighted by Gasteiger charge is 2.12. The number of nitrogen functional groups attached to an aromatic ring is 1. The van der Waals surface area contributed by atoms with E-state index >= 15 is 0 Å². The summed E-state index contributed by atoms with van der Waals surface area (Å²) in [5.74, 6) is 0. The van der Waals surface area contributed by atoms with E-state index in [1.165, 1.54) is 0 Å². The fraction of sp³-hybridized carbons (Fsp3) is 0.417. The van der Waals surface area contributed by atoms with Crippen molar-refractivity contribution in [2.75, 3.05) is 12.3 Å². The summed E-state index contributed by atoms with van der Waals surface area (Å²) in [7, 11) is 0. The highest BCUT2D eigenvalue weighted by molar-refractivity contribution is 5.68. The van der Waals surface area contributed by atoms with Crippen molar-refractivity contribution < 1.29 is 5.11 Å². The SMILES string of the molecule is [C-]#[N+]c1cc(C(CO)NC(C)C)ccc1N. The van der Waals surface area contributed by atoms with Crippen LogP contribution in [0.2, 0.25) is 0 Å². The Morgan fingerprint density at radius 3 is 2.69 bits per heavy atom. The predicted molar refractivity (Wildman–Crippen MR) is 65.2 cm³/mol. The van der Waals surface area contributed by atoms with E-state index in [1.807, 2.05) is 19.9 Å². The zero-order valence-corrected chi connectivity index (χ0v) is 9.57. The van der Waals surface area contributed by atoms with Crippen molar-refractivity contribution in [1.29, 1.82) is 0 Å². The fourth-order valence-corrected chi connectivity index (χ4v) is 1.53. The number of benzene rings is 1. The molecule has 0 spiro atoms. The van der Waals surface area contributed by atoms with Crippen LogP contribution in [0.25, 0.3) is 4.85 Å². The van der Waals surface area contributed by atoms with Crippen LogP contribution in [-0.2, 0) is 0 Å². The number of nitrogens with zero attached hydrogens (tertiary/aromatic N) is 1. The van der Waals surface area contributed by atoms with E-state index in [-0.39, 0.29) is 18.7 Å².